The minimum atomic E-state index is -4.17. The van der Waals surface area contributed by atoms with Gasteiger partial charge in [-0.2, -0.15) is 13.2 Å². The van der Waals surface area contributed by atoms with Crippen LogP contribution in [0.4, 0.5) is 13.2 Å². The molecule has 0 aliphatic carbocycles. The molecule has 0 amide bonds. The molecule has 30 heavy (non-hydrogen) atoms. The number of halogens is 4. The number of nitrogens with one attached hydrogen (secondary N) is 1. The zero-order valence-corrected chi connectivity index (χ0v) is 20.7. The molecule has 1 aromatic carbocycles. The Balaban J connectivity index is 0.00000450. The Bertz CT molecular complexity index is 676. The van der Waals surface area contributed by atoms with E-state index in [9.17, 15) is 17.4 Å². The number of aliphatic imine (C=N–C) groups is 1. The predicted molar refractivity (Wildman–Crippen MR) is 128 cm³/mol. The second kappa shape index (κ2) is 13.5. The largest absolute Gasteiger partial charge is 0.401 e. The molecule has 5 nitrogen and oxygen atoms in total. The highest BCUT2D eigenvalue weighted by Gasteiger charge is 2.32. The molecular formula is C20H32F3IN4OS. The zero-order valence-electron chi connectivity index (χ0n) is 17.5. The van der Waals surface area contributed by atoms with Crippen molar-refractivity contribution in [2.75, 3.05) is 52.1 Å². The molecule has 1 aliphatic rings. The number of rotatable bonds is 9. The number of nitrogens with zero attached hydrogens (tertiary/aromatic N) is 3. The van der Waals surface area contributed by atoms with Crippen LogP contribution in [-0.4, -0.2) is 78.2 Å². The first-order valence-electron chi connectivity index (χ1n) is 9.94. The summed E-state index contributed by atoms with van der Waals surface area (Å²) in [5.41, 5.74) is 1.05. The summed E-state index contributed by atoms with van der Waals surface area (Å²) in [6, 6.07) is 9.74. The van der Waals surface area contributed by atoms with Gasteiger partial charge in [-0.3, -0.25) is 14.1 Å². The first-order valence-corrected chi connectivity index (χ1v) is 11.4. The first kappa shape index (κ1) is 27.2. The molecule has 1 heterocycles. The summed E-state index contributed by atoms with van der Waals surface area (Å²) in [6.45, 7) is 3.71. The number of likely N-dealkylation sites (tertiary alicyclic amines) is 1. The van der Waals surface area contributed by atoms with E-state index < -0.39 is 23.5 Å². The summed E-state index contributed by atoms with van der Waals surface area (Å²) in [4.78, 5) is 7.81. The van der Waals surface area contributed by atoms with E-state index in [1.807, 2.05) is 30.3 Å². The summed E-state index contributed by atoms with van der Waals surface area (Å²) < 4.78 is 50.2. The van der Waals surface area contributed by atoms with Crippen LogP contribution in [0.5, 0.6) is 0 Å². The van der Waals surface area contributed by atoms with Gasteiger partial charge in [-0.05, 0) is 24.4 Å². The summed E-state index contributed by atoms with van der Waals surface area (Å²) in [5.74, 6) is 1.95. The molecule has 0 bridgehead atoms. The maximum atomic E-state index is 12.7. The molecular weight excluding hydrogens is 528 g/mol. The zero-order chi connectivity index (χ0) is 21.3. The molecule has 2 unspecified atom stereocenters. The number of alkyl halides is 3. The number of guanidine groups is 1. The van der Waals surface area contributed by atoms with Crippen LogP contribution >= 0.6 is 24.0 Å². The van der Waals surface area contributed by atoms with Gasteiger partial charge in [-0.15, -0.1) is 24.0 Å². The van der Waals surface area contributed by atoms with E-state index in [1.165, 1.54) is 4.90 Å². The lowest BCUT2D eigenvalue weighted by atomic mass is 10.1. The minimum absolute atomic E-state index is 0. The number of hydrogen-bond acceptors (Lipinski definition) is 3. The summed E-state index contributed by atoms with van der Waals surface area (Å²) in [7, 11) is 0.727. The SMILES string of the molecule is CCN(CC1CCN(C(=NC)NCCS(=O)Cc2ccccc2)C1)CC(F)(F)F.I. The molecule has 172 valence electrons. The highest BCUT2D eigenvalue weighted by atomic mass is 127. The van der Waals surface area contributed by atoms with Crippen molar-refractivity contribution in [1.29, 1.82) is 0 Å². The first-order chi connectivity index (χ1) is 13.8. The quantitative estimate of drug-likeness (QED) is 0.286. The fraction of sp³-hybridized carbons (Fsp3) is 0.650. The Morgan fingerprint density at radius 1 is 1.33 bits per heavy atom. The third-order valence-corrected chi connectivity index (χ3v) is 6.26. The average Bonchev–Trinajstić information content (AvgIpc) is 3.12. The smallest absolute Gasteiger partial charge is 0.355 e. The van der Waals surface area contributed by atoms with Crippen LogP contribution in [0.2, 0.25) is 0 Å². The van der Waals surface area contributed by atoms with E-state index >= 15 is 0 Å². The van der Waals surface area contributed by atoms with Crippen LogP contribution in [-0.2, 0) is 16.6 Å². The van der Waals surface area contributed by atoms with Gasteiger partial charge in [0.2, 0.25) is 0 Å². The molecule has 1 N–H and O–H groups in total. The van der Waals surface area contributed by atoms with Crippen LogP contribution in [0.1, 0.15) is 18.9 Å². The summed E-state index contributed by atoms with van der Waals surface area (Å²) in [5, 5.41) is 3.24. The van der Waals surface area contributed by atoms with Crippen LogP contribution < -0.4 is 5.32 Å². The second-order valence-electron chi connectivity index (χ2n) is 7.29. The Labute approximate surface area is 197 Å². The van der Waals surface area contributed by atoms with Crippen molar-refractivity contribution in [3.63, 3.8) is 0 Å². The average molecular weight is 560 g/mol. The van der Waals surface area contributed by atoms with E-state index in [-0.39, 0.29) is 29.9 Å². The van der Waals surface area contributed by atoms with Crippen LogP contribution in [0.3, 0.4) is 0 Å². The van der Waals surface area contributed by atoms with E-state index in [4.69, 9.17) is 0 Å². The van der Waals surface area contributed by atoms with Gasteiger partial charge in [0, 0.05) is 55.5 Å². The van der Waals surface area contributed by atoms with Gasteiger partial charge in [0.1, 0.15) is 0 Å². The molecule has 2 rings (SSSR count). The van der Waals surface area contributed by atoms with E-state index in [0.717, 1.165) is 24.5 Å². The van der Waals surface area contributed by atoms with Crippen molar-refractivity contribution in [2.24, 2.45) is 10.9 Å². The van der Waals surface area contributed by atoms with Gasteiger partial charge in [0.05, 0.1) is 6.54 Å². The van der Waals surface area contributed by atoms with Crippen molar-refractivity contribution < 1.29 is 17.4 Å². The van der Waals surface area contributed by atoms with Gasteiger partial charge in [-0.25, -0.2) is 0 Å². The molecule has 0 radical (unpaired) electrons. The predicted octanol–water partition coefficient (Wildman–Crippen LogP) is 3.33. The summed E-state index contributed by atoms with van der Waals surface area (Å²) in [6.07, 6.45) is -3.32. The van der Waals surface area contributed by atoms with E-state index in [0.29, 0.717) is 37.7 Å². The molecule has 0 saturated carbocycles. The molecule has 2 atom stereocenters. The van der Waals surface area contributed by atoms with Gasteiger partial charge in [-0.1, -0.05) is 37.3 Å². The fourth-order valence-corrected chi connectivity index (χ4v) is 4.58. The third kappa shape index (κ3) is 9.95. The Hall–Kier alpha value is -0.880. The van der Waals surface area contributed by atoms with Crippen molar-refractivity contribution in [2.45, 2.75) is 25.3 Å². The fourth-order valence-electron chi connectivity index (χ4n) is 3.54. The van der Waals surface area contributed by atoms with Crippen molar-refractivity contribution in [3.8, 4) is 0 Å². The Morgan fingerprint density at radius 3 is 2.63 bits per heavy atom. The lowest BCUT2D eigenvalue weighted by molar-refractivity contribution is -0.146. The maximum absolute atomic E-state index is 12.7. The van der Waals surface area contributed by atoms with E-state index in [2.05, 4.69) is 15.2 Å². The molecule has 10 heteroatoms. The topological polar surface area (TPSA) is 47.9 Å². The monoisotopic (exact) mass is 560 g/mol. The number of benzene rings is 1. The molecule has 0 spiro atoms. The molecule has 1 saturated heterocycles. The second-order valence-corrected chi connectivity index (χ2v) is 8.87. The highest BCUT2D eigenvalue weighted by Crippen LogP contribution is 2.21. The number of hydrogen-bond donors (Lipinski definition) is 1. The minimum Gasteiger partial charge on any atom is -0.355 e. The van der Waals surface area contributed by atoms with Gasteiger partial charge >= 0.3 is 6.18 Å². The maximum Gasteiger partial charge on any atom is 0.401 e. The Kier molecular flexibility index (Phi) is 12.2. The van der Waals surface area contributed by atoms with Crippen LogP contribution in [0.15, 0.2) is 35.3 Å². The lowest BCUT2D eigenvalue weighted by Gasteiger charge is -2.26. The van der Waals surface area contributed by atoms with E-state index in [1.54, 1.807) is 14.0 Å². The van der Waals surface area contributed by atoms with Crippen molar-refractivity contribution in [3.05, 3.63) is 35.9 Å². The van der Waals surface area contributed by atoms with Crippen molar-refractivity contribution >= 4 is 40.7 Å². The molecule has 1 aromatic rings. The molecule has 1 aliphatic heterocycles. The Morgan fingerprint density at radius 2 is 2.03 bits per heavy atom. The normalized spacial score (nSPS) is 18.4. The van der Waals surface area contributed by atoms with Gasteiger partial charge < -0.3 is 10.2 Å². The lowest BCUT2D eigenvalue weighted by Crippen LogP contribution is -2.42. The van der Waals surface area contributed by atoms with Crippen LogP contribution in [0, 0.1) is 5.92 Å². The third-order valence-electron chi connectivity index (χ3n) is 4.95. The standard InChI is InChI=1S/C20H31F3N4OS.HI/c1-3-26(16-20(21,22)23)13-18-9-11-27(14-18)19(24-2)25-10-12-29(28)15-17-7-5-4-6-8-17;/h4-8,18H,3,9-16H2,1-2H3,(H,24,25);1H. The van der Waals surface area contributed by atoms with Gasteiger partial charge in [0.15, 0.2) is 5.96 Å². The van der Waals surface area contributed by atoms with Crippen molar-refractivity contribution in [1.82, 2.24) is 15.1 Å². The molecule has 1 fully saturated rings. The van der Waals surface area contributed by atoms with Crippen LogP contribution in [0.25, 0.3) is 0 Å². The van der Waals surface area contributed by atoms with Gasteiger partial charge in [0.25, 0.3) is 0 Å². The summed E-state index contributed by atoms with van der Waals surface area (Å²) >= 11 is 0. The molecule has 0 aromatic heterocycles. The highest BCUT2D eigenvalue weighted by molar-refractivity contribution is 14.0.